The fraction of sp³-hybridized carbons (Fsp3) is 0.583. The predicted octanol–water partition coefficient (Wildman–Crippen LogP) is 1.77. The minimum Gasteiger partial charge on any atom is -0.465 e. The van der Waals surface area contributed by atoms with Gasteiger partial charge in [0.1, 0.15) is 4.75 Å². The predicted molar refractivity (Wildman–Crippen MR) is 70.8 cm³/mol. The number of nitrogens with one attached hydrogen (secondary N) is 1. The van der Waals surface area contributed by atoms with Crippen LogP contribution in [0.4, 0.5) is 0 Å². The van der Waals surface area contributed by atoms with Gasteiger partial charge in [-0.15, -0.1) is 0 Å². The summed E-state index contributed by atoms with van der Waals surface area (Å²) < 4.78 is 4.21. The lowest BCUT2D eigenvalue weighted by Crippen LogP contribution is -2.30. The zero-order chi connectivity index (χ0) is 13.8. The molecule has 1 rings (SSSR count). The van der Waals surface area contributed by atoms with Crippen molar-refractivity contribution in [2.24, 2.45) is 0 Å². The van der Waals surface area contributed by atoms with Crippen LogP contribution in [-0.4, -0.2) is 27.3 Å². The summed E-state index contributed by atoms with van der Waals surface area (Å²) in [5.41, 5.74) is 0.505. The molecule has 1 heterocycles. The second-order valence-electron chi connectivity index (χ2n) is 4.23. The molecular formula is C12H18N2O3S. The number of rotatable bonds is 5. The number of thioether (sulfide) groups is 1. The molecular weight excluding hydrogens is 252 g/mol. The van der Waals surface area contributed by atoms with Gasteiger partial charge in [0, 0.05) is 11.8 Å². The van der Waals surface area contributed by atoms with Crippen molar-refractivity contribution in [1.82, 2.24) is 9.97 Å². The maximum absolute atomic E-state index is 11.7. The second-order valence-corrected chi connectivity index (χ2v) is 5.84. The van der Waals surface area contributed by atoms with Crippen LogP contribution in [0.5, 0.6) is 0 Å². The SMILES string of the molecule is CCOC(=O)C(C)(C)Sc1nc(CC)cc(=O)[nH]1. The first-order valence-corrected chi connectivity index (χ1v) is 6.67. The average molecular weight is 270 g/mol. The summed E-state index contributed by atoms with van der Waals surface area (Å²) in [7, 11) is 0. The van der Waals surface area contributed by atoms with Crippen molar-refractivity contribution >= 4 is 17.7 Å². The first kappa shape index (κ1) is 14.8. The molecule has 0 saturated heterocycles. The van der Waals surface area contributed by atoms with E-state index in [0.29, 0.717) is 23.9 Å². The van der Waals surface area contributed by atoms with Gasteiger partial charge in [-0.3, -0.25) is 9.59 Å². The maximum Gasteiger partial charge on any atom is 0.322 e. The molecule has 0 aliphatic rings. The Kier molecular flexibility index (Phi) is 4.95. The molecule has 0 radical (unpaired) electrons. The molecule has 0 aromatic carbocycles. The van der Waals surface area contributed by atoms with Gasteiger partial charge < -0.3 is 9.72 Å². The van der Waals surface area contributed by atoms with Crippen LogP contribution in [-0.2, 0) is 16.0 Å². The smallest absolute Gasteiger partial charge is 0.322 e. The highest BCUT2D eigenvalue weighted by Crippen LogP contribution is 2.30. The molecule has 0 fully saturated rings. The number of hydrogen-bond donors (Lipinski definition) is 1. The lowest BCUT2D eigenvalue weighted by atomic mass is 10.2. The molecule has 0 atom stereocenters. The molecule has 0 bridgehead atoms. The van der Waals surface area contributed by atoms with Gasteiger partial charge in [0.05, 0.1) is 6.61 Å². The van der Waals surface area contributed by atoms with E-state index >= 15 is 0 Å². The summed E-state index contributed by atoms with van der Waals surface area (Å²) in [5.74, 6) is -0.320. The zero-order valence-electron chi connectivity index (χ0n) is 11.1. The van der Waals surface area contributed by atoms with Gasteiger partial charge in [-0.2, -0.15) is 0 Å². The van der Waals surface area contributed by atoms with E-state index in [1.54, 1.807) is 20.8 Å². The number of ether oxygens (including phenoxy) is 1. The van der Waals surface area contributed by atoms with Crippen LogP contribution in [0.25, 0.3) is 0 Å². The number of aromatic nitrogens is 2. The topological polar surface area (TPSA) is 72.0 Å². The third-order valence-electron chi connectivity index (χ3n) is 2.25. The highest BCUT2D eigenvalue weighted by Gasteiger charge is 2.31. The largest absolute Gasteiger partial charge is 0.465 e. The van der Waals surface area contributed by atoms with E-state index in [1.807, 2.05) is 6.92 Å². The number of hydrogen-bond acceptors (Lipinski definition) is 5. The number of esters is 1. The number of nitrogens with zero attached hydrogens (tertiary/aromatic N) is 1. The van der Waals surface area contributed by atoms with E-state index in [0.717, 1.165) is 0 Å². The normalized spacial score (nSPS) is 11.3. The molecule has 18 heavy (non-hydrogen) atoms. The Labute approximate surface area is 110 Å². The van der Waals surface area contributed by atoms with E-state index in [-0.39, 0.29) is 11.5 Å². The number of H-pyrrole nitrogens is 1. The lowest BCUT2D eigenvalue weighted by molar-refractivity contribution is -0.145. The van der Waals surface area contributed by atoms with Gasteiger partial charge >= 0.3 is 5.97 Å². The summed E-state index contributed by atoms with van der Waals surface area (Å²) >= 11 is 1.20. The maximum atomic E-state index is 11.7. The minimum absolute atomic E-state index is 0.205. The number of carbonyl (C=O) groups excluding carboxylic acids is 1. The van der Waals surface area contributed by atoms with E-state index in [9.17, 15) is 9.59 Å². The van der Waals surface area contributed by atoms with Crippen molar-refractivity contribution in [1.29, 1.82) is 0 Å². The highest BCUT2D eigenvalue weighted by molar-refractivity contribution is 8.01. The molecule has 0 aliphatic heterocycles. The zero-order valence-corrected chi connectivity index (χ0v) is 11.9. The van der Waals surface area contributed by atoms with Gasteiger partial charge in [0.15, 0.2) is 5.16 Å². The van der Waals surface area contributed by atoms with Crippen molar-refractivity contribution < 1.29 is 9.53 Å². The molecule has 6 heteroatoms. The van der Waals surface area contributed by atoms with Gasteiger partial charge in [-0.25, -0.2) is 4.98 Å². The summed E-state index contributed by atoms with van der Waals surface area (Å²) in [4.78, 5) is 30.1. The first-order chi connectivity index (χ1) is 8.39. The van der Waals surface area contributed by atoms with Crippen LogP contribution in [0.2, 0.25) is 0 Å². The molecule has 0 amide bonds. The lowest BCUT2D eigenvalue weighted by Gasteiger charge is -2.20. The third-order valence-corrected chi connectivity index (χ3v) is 3.32. The van der Waals surface area contributed by atoms with Crippen LogP contribution in [0.1, 0.15) is 33.4 Å². The molecule has 0 unspecified atom stereocenters. The Morgan fingerprint density at radius 2 is 2.17 bits per heavy atom. The van der Waals surface area contributed by atoms with Crippen molar-refractivity contribution in [3.63, 3.8) is 0 Å². The number of aromatic amines is 1. The molecule has 1 aromatic rings. The summed E-state index contributed by atoms with van der Waals surface area (Å²) in [6.07, 6.45) is 0.678. The van der Waals surface area contributed by atoms with Crippen molar-refractivity contribution in [3.05, 3.63) is 22.1 Å². The van der Waals surface area contributed by atoms with Gasteiger partial charge in [-0.1, -0.05) is 18.7 Å². The standard InChI is InChI=1S/C12H18N2O3S/c1-5-8-7-9(15)14-11(13-8)18-12(3,4)10(16)17-6-2/h7H,5-6H2,1-4H3,(H,13,14,15). The Morgan fingerprint density at radius 3 is 2.72 bits per heavy atom. The quantitative estimate of drug-likeness (QED) is 0.501. The molecule has 100 valence electrons. The van der Waals surface area contributed by atoms with Gasteiger partial charge in [0.2, 0.25) is 0 Å². The molecule has 0 aliphatic carbocycles. The molecule has 1 aromatic heterocycles. The average Bonchev–Trinajstić information content (AvgIpc) is 2.27. The van der Waals surface area contributed by atoms with Crippen LogP contribution in [0.15, 0.2) is 16.0 Å². The van der Waals surface area contributed by atoms with Crippen molar-refractivity contribution in [3.8, 4) is 0 Å². The molecule has 0 saturated carbocycles. The summed E-state index contributed by atoms with van der Waals surface area (Å²) in [6, 6.07) is 1.46. The van der Waals surface area contributed by atoms with E-state index in [1.165, 1.54) is 17.8 Å². The van der Waals surface area contributed by atoms with Gasteiger partial charge in [-0.05, 0) is 27.2 Å². The Morgan fingerprint density at radius 1 is 1.50 bits per heavy atom. The molecule has 1 N–H and O–H groups in total. The third kappa shape index (κ3) is 3.87. The fourth-order valence-electron chi connectivity index (χ4n) is 1.30. The Hall–Kier alpha value is -1.30. The molecule has 5 nitrogen and oxygen atoms in total. The highest BCUT2D eigenvalue weighted by atomic mass is 32.2. The van der Waals surface area contributed by atoms with Crippen LogP contribution >= 0.6 is 11.8 Å². The van der Waals surface area contributed by atoms with Crippen molar-refractivity contribution in [2.45, 2.75) is 44.0 Å². The van der Waals surface area contributed by atoms with Crippen LogP contribution < -0.4 is 5.56 Å². The van der Waals surface area contributed by atoms with Gasteiger partial charge in [0.25, 0.3) is 5.56 Å². The Bertz CT molecular complexity index is 482. The number of carbonyl (C=O) groups is 1. The monoisotopic (exact) mass is 270 g/mol. The fourth-order valence-corrected chi connectivity index (χ4v) is 2.24. The summed E-state index contributed by atoms with van der Waals surface area (Å²) in [6.45, 7) is 7.51. The number of aryl methyl sites for hydroxylation is 1. The van der Waals surface area contributed by atoms with E-state index in [4.69, 9.17) is 4.74 Å². The summed E-state index contributed by atoms with van der Waals surface area (Å²) in [5, 5.41) is 0.442. The van der Waals surface area contributed by atoms with E-state index in [2.05, 4.69) is 9.97 Å². The second kappa shape index (κ2) is 6.04. The first-order valence-electron chi connectivity index (χ1n) is 5.85. The molecule has 0 spiro atoms. The van der Waals surface area contributed by atoms with Crippen LogP contribution in [0.3, 0.4) is 0 Å². The Balaban J connectivity index is 2.93. The van der Waals surface area contributed by atoms with E-state index < -0.39 is 4.75 Å². The van der Waals surface area contributed by atoms with Crippen molar-refractivity contribution in [2.75, 3.05) is 6.61 Å². The minimum atomic E-state index is -0.779. The van der Waals surface area contributed by atoms with Crippen LogP contribution in [0, 0.1) is 0 Å².